The van der Waals surface area contributed by atoms with Gasteiger partial charge in [-0.15, -0.1) is 0 Å². The topological polar surface area (TPSA) is 67.2 Å². The molecule has 0 aliphatic heterocycles. The molecule has 5 nitrogen and oxygen atoms in total. The zero-order valence-corrected chi connectivity index (χ0v) is 12.7. The SMILES string of the molecule is CNc1cc(Nc2cccc(Br)c2C)cc([N+](=O)[O-])c1. The van der Waals surface area contributed by atoms with Crippen LogP contribution in [0.1, 0.15) is 5.56 Å². The minimum atomic E-state index is -0.403. The van der Waals surface area contributed by atoms with E-state index in [-0.39, 0.29) is 5.69 Å². The summed E-state index contributed by atoms with van der Waals surface area (Å²) < 4.78 is 0.988. The first-order valence-electron chi connectivity index (χ1n) is 6.00. The van der Waals surface area contributed by atoms with E-state index in [0.717, 1.165) is 15.7 Å². The van der Waals surface area contributed by atoms with E-state index in [1.807, 2.05) is 31.2 Å². The molecule has 0 bridgehead atoms. The van der Waals surface area contributed by atoms with Crippen molar-refractivity contribution in [2.24, 2.45) is 0 Å². The molecule has 0 saturated heterocycles. The number of anilines is 3. The Bertz CT molecular complexity index is 659. The van der Waals surface area contributed by atoms with Crippen LogP contribution in [0.5, 0.6) is 0 Å². The Morgan fingerprint density at radius 3 is 2.55 bits per heavy atom. The van der Waals surface area contributed by atoms with Gasteiger partial charge in [0.05, 0.1) is 4.92 Å². The van der Waals surface area contributed by atoms with Crippen molar-refractivity contribution in [3.8, 4) is 0 Å². The summed E-state index contributed by atoms with van der Waals surface area (Å²) in [6, 6.07) is 10.6. The molecule has 2 rings (SSSR count). The molecule has 0 aliphatic carbocycles. The number of benzene rings is 2. The molecule has 0 atom stereocenters. The van der Waals surface area contributed by atoms with Crippen molar-refractivity contribution < 1.29 is 4.92 Å². The molecule has 6 heteroatoms. The number of nitrogens with one attached hydrogen (secondary N) is 2. The van der Waals surface area contributed by atoms with E-state index >= 15 is 0 Å². The van der Waals surface area contributed by atoms with Crippen LogP contribution in [0.3, 0.4) is 0 Å². The van der Waals surface area contributed by atoms with Gasteiger partial charge in [-0.3, -0.25) is 10.1 Å². The average molecular weight is 336 g/mol. The molecule has 20 heavy (non-hydrogen) atoms. The van der Waals surface area contributed by atoms with Gasteiger partial charge in [0.25, 0.3) is 5.69 Å². The second kappa shape index (κ2) is 5.92. The average Bonchev–Trinajstić information content (AvgIpc) is 2.43. The molecule has 0 fully saturated rings. The van der Waals surface area contributed by atoms with E-state index in [2.05, 4.69) is 26.6 Å². The van der Waals surface area contributed by atoms with Crippen LogP contribution < -0.4 is 10.6 Å². The predicted molar refractivity (Wildman–Crippen MR) is 84.8 cm³/mol. The first kappa shape index (κ1) is 14.3. The van der Waals surface area contributed by atoms with Gasteiger partial charge in [-0.05, 0) is 30.7 Å². The number of nitrogens with zero attached hydrogens (tertiary/aromatic N) is 1. The third-order valence-electron chi connectivity index (χ3n) is 2.96. The minimum absolute atomic E-state index is 0.0481. The van der Waals surface area contributed by atoms with Crippen molar-refractivity contribution in [1.82, 2.24) is 0 Å². The van der Waals surface area contributed by atoms with Crippen molar-refractivity contribution in [3.05, 3.63) is 56.5 Å². The highest BCUT2D eigenvalue weighted by Gasteiger charge is 2.10. The molecule has 2 N–H and O–H groups in total. The van der Waals surface area contributed by atoms with Crippen molar-refractivity contribution in [2.75, 3.05) is 17.7 Å². The van der Waals surface area contributed by atoms with Crippen LogP contribution in [0.4, 0.5) is 22.7 Å². The summed E-state index contributed by atoms with van der Waals surface area (Å²) in [5.74, 6) is 0. The monoisotopic (exact) mass is 335 g/mol. The van der Waals surface area contributed by atoms with Gasteiger partial charge >= 0.3 is 0 Å². The van der Waals surface area contributed by atoms with Crippen molar-refractivity contribution in [1.29, 1.82) is 0 Å². The highest BCUT2D eigenvalue weighted by molar-refractivity contribution is 9.10. The molecule has 0 saturated carbocycles. The van der Waals surface area contributed by atoms with Crippen LogP contribution in [-0.4, -0.2) is 12.0 Å². The molecule has 0 radical (unpaired) electrons. The van der Waals surface area contributed by atoms with E-state index < -0.39 is 4.92 Å². The van der Waals surface area contributed by atoms with E-state index in [9.17, 15) is 10.1 Å². The normalized spacial score (nSPS) is 10.2. The highest BCUT2D eigenvalue weighted by atomic mass is 79.9. The van der Waals surface area contributed by atoms with Crippen LogP contribution in [0.2, 0.25) is 0 Å². The molecule has 0 spiro atoms. The maximum Gasteiger partial charge on any atom is 0.273 e. The number of rotatable bonds is 4. The molecular formula is C14H14BrN3O2. The predicted octanol–water partition coefficient (Wildman–Crippen LogP) is 4.45. The molecule has 0 aliphatic rings. The zero-order valence-electron chi connectivity index (χ0n) is 11.1. The summed E-state index contributed by atoms with van der Waals surface area (Å²) in [7, 11) is 1.73. The quantitative estimate of drug-likeness (QED) is 0.639. The fourth-order valence-corrected chi connectivity index (χ4v) is 2.20. The fourth-order valence-electron chi connectivity index (χ4n) is 1.83. The van der Waals surface area contributed by atoms with Gasteiger partial charge in [0, 0.05) is 40.7 Å². The van der Waals surface area contributed by atoms with Crippen molar-refractivity contribution >= 4 is 38.7 Å². The third-order valence-corrected chi connectivity index (χ3v) is 3.82. The molecule has 0 amide bonds. The van der Waals surface area contributed by atoms with Gasteiger partial charge in [0.15, 0.2) is 0 Å². The largest absolute Gasteiger partial charge is 0.388 e. The summed E-state index contributed by atoms with van der Waals surface area (Å²) in [4.78, 5) is 10.5. The summed E-state index contributed by atoms with van der Waals surface area (Å²) in [6.45, 7) is 1.97. The molecule has 104 valence electrons. The standard InChI is InChI=1S/C14H14BrN3O2/c1-9-13(15)4-3-5-14(9)17-11-6-10(16-2)7-12(8-11)18(19)20/h3-8,16-17H,1-2H3. The van der Waals surface area contributed by atoms with Crippen molar-refractivity contribution in [3.63, 3.8) is 0 Å². The lowest BCUT2D eigenvalue weighted by Crippen LogP contribution is -1.98. The molecule has 0 unspecified atom stereocenters. The molecular weight excluding hydrogens is 322 g/mol. The summed E-state index contributed by atoms with van der Waals surface area (Å²) in [6.07, 6.45) is 0. The second-order valence-electron chi connectivity index (χ2n) is 4.31. The lowest BCUT2D eigenvalue weighted by atomic mass is 10.2. The summed E-state index contributed by atoms with van der Waals surface area (Å²) >= 11 is 3.46. The summed E-state index contributed by atoms with van der Waals surface area (Å²) in [5, 5.41) is 17.1. The van der Waals surface area contributed by atoms with E-state index in [4.69, 9.17) is 0 Å². The smallest absolute Gasteiger partial charge is 0.273 e. The van der Waals surface area contributed by atoms with E-state index in [1.54, 1.807) is 7.05 Å². The Balaban J connectivity index is 2.40. The third kappa shape index (κ3) is 3.08. The van der Waals surface area contributed by atoms with E-state index in [1.165, 1.54) is 12.1 Å². The van der Waals surface area contributed by atoms with Gasteiger partial charge in [-0.2, -0.15) is 0 Å². The lowest BCUT2D eigenvalue weighted by Gasteiger charge is -2.12. The van der Waals surface area contributed by atoms with Crippen LogP contribution >= 0.6 is 15.9 Å². The fraction of sp³-hybridized carbons (Fsp3) is 0.143. The van der Waals surface area contributed by atoms with Crippen LogP contribution in [0.15, 0.2) is 40.9 Å². The molecule has 0 aromatic heterocycles. The number of hydrogen-bond acceptors (Lipinski definition) is 4. The molecule has 0 heterocycles. The first-order chi connectivity index (χ1) is 9.51. The zero-order chi connectivity index (χ0) is 14.7. The Labute approximate surface area is 125 Å². The number of hydrogen-bond donors (Lipinski definition) is 2. The maximum atomic E-state index is 10.9. The Morgan fingerprint density at radius 2 is 1.90 bits per heavy atom. The summed E-state index contributed by atoms with van der Waals surface area (Å²) in [5.41, 5.74) is 3.36. The van der Waals surface area contributed by atoms with Gasteiger partial charge < -0.3 is 10.6 Å². The van der Waals surface area contributed by atoms with Gasteiger partial charge in [0.2, 0.25) is 0 Å². The van der Waals surface area contributed by atoms with Crippen LogP contribution in [-0.2, 0) is 0 Å². The van der Waals surface area contributed by atoms with Gasteiger partial charge in [-0.1, -0.05) is 22.0 Å². The Hall–Kier alpha value is -2.08. The Kier molecular flexibility index (Phi) is 4.24. The lowest BCUT2D eigenvalue weighted by molar-refractivity contribution is -0.384. The molecule has 2 aromatic rings. The minimum Gasteiger partial charge on any atom is -0.388 e. The van der Waals surface area contributed by atoms with E-state index in [0.29, 0.717) is 11.4 Å². The highest BCUT2D eigenvalue weighted by Crippen LogP contribution is 2.30. The van der Waals surface area contributed by atoms with Crippen LogP contribution in [0.25, 0.3) is 0 Å². The number of nitro benzene ring substituents is 1. The number of halogens is 1. The maximum absolute atomic E-state index is 10.9. The van der Waals surface area contributed by atoms with Gasteiger partial charge in [-0.25, -0.2) is 0 Å². The van der Waals surface area contributed by atoms with Gasteiger partial charge in [0.1, 0.15) is 0 Å². The van der Waals surface area contributed by atoms with Crippen molar-refractivity contribution in [2.45, 2.75) is 6.92 Å². The Morgan fingerprint density at radius 1 is 1.20 bits per heavy atom. The first-order valence-corrected chi connectivity index (χ1v) is 6.80. The number of nitro groups is 1. The molecule has 2 aromatic carbocycles. The number of non-ortho nitro benzene ring substituents is 1. The van der Waals surface area contributed by atoms with Crippen LogP contribution in [0, 0.1) is 17.0 Å². The second-order valence-corrected chi connectivity index (χ2v) is 5.17.